The summed E-state index contributed by atoms with van der Waals surface area (Å²) in [7, 11) is 0. The van der Waals surface area contributed by atoms with Crippen LogP contribution >= 0.6 is 11.8 Å². The third-order valence-electron chi connectivity index (χ3n) is 3.07. The summed E-state index contributed by atoms with van der Waals surface area (Å²) in [4.78, 5) is 11.4. The van der Waals surface area contributed by atoms with Crippen molar-refractivity contribution in [1.29, 1.82) is 0 Å². The van der Waals surface area contributed by atoms with Gasteiger partial charge in [-0.05, 0) is 37.3 Å². The summed E-state index contributed by atoms with van der Waals surface area (Å²) in [5, 5.41) is 5.70. The van der Waals surface area contributed by atoms with Gasteiger partial charge in [-0.25, -0.2) is 4.39 Å². The summed E-state index contributed by atoms with van der Waals surface area (Å²) in [5.74, 6) is -0.136. The molecule has 1 aliphatic heterocycles. The smallest absolute Gasteiger partial charge is 0.234 e. The molecule has 0 bridgehead atoms. The lowest BCUT2D eigenvalue weighted by atomic mass is 10.2. The number of thioether (sulfide) groups is 1. The van der Waals surface area contributed by atoms with Crippen LogP contribution in [0.25, 0.3) is 0 Å². The zero-order valence-corrected chi connectivity index (χ0v) is 12.3. The first-order valence-electron chi connectivity index (χ1n) is 6.63. The largest absolute Gasteiger partial charge is 0.380 e. The molecule has 2 N–H and O–H groups in total. The van der Waals surface area contributed by atoms with Crippen molar-refractivity contribution in [3.05, 3.63) is 24.0 Å². The quantitative estimate of drug-likeness (QED) is 0.848. The summed E-state index contributed by atoms with van der Waals surface area (Å²) in [6.45, 7) is 1.39. The highest BCUT2D eigenvalue weighted by Gasteiger charge is 2.15. The number of carbonyl (C=O) groups is 1. The van der Waals surface area contributed by atoms with Gasteiger partial charge >= 0.3 is 0 Å². The van der Waals surface area contributed by atoms with Gasteiger partial charge in [0, 0.05) is 18.8 Å². The molecular weight excluding hydrogens is 279 g/mol. The normalized spacial score (nSPS) is 18.0. The van der Waals surface area contributed by atoms with E-state index in [1.165, 1.54) is 17.8 Å². The topological polar surface area (TPSA) is 50.4 Å². The molecule has 0 radical (unpaired) electrons. The van der Waals surface area contributed by atoms with E-state index in [0.717, 1.165) is 19.4 Å². The van der Waals surface area contributed by atoms with Crippen LogP contribution in [0.1, 0.15) is 12.8 Å². The molecule has 0 saturated carbocycles. The average Bonchev–Trinajstić information content (AvgIpc) is 2.91. The maximum Gasteiger partial charge on any atom is 0.234 e. The minimum atomic E-state index is -0.370. The molecule has 2 rings (SSSR count). The molecule has 1 atom stereocenters. The van der Waals surface area contributed by atoms with Crippen LogP contribution in [0, 0.1) is 5.82 Å². The molecule has 110 valence electrons. The van der Waals surface area contributed by atoms with E-state index in [-0.39, 0.29) is 17.8 Å². The number of halogens is 1. The van der Waals surface area contributed by atoms with Crippen molar-refractivity contribution in [1.82, 2.24) is 0 Å². The number of carbonyl (C=O) groups excluding carboxylic acids is 1. The van der Waals surface area contributed by atoms with Crippen molar-refractivity contribution < 1.29 is 13.9 Å². The van der Waals surface area contributed by atoms with Gasteiger partial charge < -0.3 is 15.4 Å². The number of amides is 1. The van der Waals surface area contributed by atoms with E-state index in [1.54, 1.807) is 12.1 Å². The van der Waals surface area contributed by atoms with E-state index < -0.39 is 0 Å². The van der Waals surface area contributed by atoms with Crippen LogP contribution in [-0.2, 0) is 9.53 Å². The highest BCUT2D eigenvalue weighted by Crippen LogP contribution is 2.20. The molecule has 1 aliphatic rings. The highest BCUT2D eigenvalue weighted by atomic mass is 32.2. The van der Waals surface area contributed by atoms with Gasteiger partial charge in [-0.2, -0.15) is 11.8 Å². The SMILES string of the molecule is CSCC(=O)Nc1ccc(NCC2CCCO2)c(F)c1. The molecule has 4 nitrogen and oxygen atoms in total. The molecule has 1 unspecified atom stereocenters. The zero-order valence-electron chi connectivity index (χ0n) is 11.4. The molecule has 0 aromatic heterocycles. The molecule has 1 fully saturated rings. The summed E-state index contributed by atoms with van der Waals surface area (Å²) < 4.78 is 19.4. The Balaban J connectivity index is 1.89. The second-order valence-corrected chi connectivity index (χ2v) is 5.56. The van der Waals surface area contributed by atoms with Gasteiger partial charge in [-0.3, -0.25) is 4.79 Å². The number of benzene rings is 1. The lowest BCUT2D eigenvalue weighted by molar-refractivity contribution is -0.113. The van der Waals surface area contributed by atoms with Gasteiger partial charge in [-0.15, -0.1) is 0 Å². The second kappa shape index (κ2) is 7.50. The Morgan fingerprint density at radius 2 is 2.40 bits per heavy atom. The van der Waals surface area contributed by atoms with Crippen molar-refractivity contribution in [2.45, 2.75) is 18.9 Å². The first-order valence-corrected chi connectivity index (χ1v) is 8.02. The molecule has 1 saturated heterocycles. The Kier molecular flexibility index (Phi) is 5.67. The molecular formula is C14H19FN2O2S. The van der Waals surface area contributed by atoms with E-state index in [0.29, 0.717) is 23.7 Å². The van der Waals surface area contributed by atoms with E-state index in [9.17, 15) is 9.18 Å². The van der Waals surface area contributed by atoms with Gasteiger partial charge in [0.25, 0.3) is 0 Å². The third-order valence-corrected chi connectivity index (χ3v) is 3.62. The summed E-state index contributed by atoms with van der Waals surface area (Å²) >= 11 is 1.43. The molecule has 1 amide bonds. The van der Waals surface area contributed by atoms with Crippen LogP contribution in [0.3, 0.4) is 0 Å². The van der Waals surface area contributed by atoms with Crippen molar-refractivity contribution in [3.8, 4) is 0 Å². The maximum absolute atomic E-state index is 13.9. The van der Waals surface area contributed by atoms with Crippen LogP contribution < -0.4 is 10.6 Å². The number of anilines is 2. The van der Waals surface area contributed by atoms with Crippen LogP contribution in [-0.4, -0.2) is 37.2 Å². The minimum Gasteiger partial charge on any atom is -0.380 e. The summed E-state index contributed by atoms with van der Waals surface area (Å²) in [6.07, 6.45) is 4.08. The van der Waals surface area contributed by atoms with Gasteiger partial charge in [0.1, 0.15) is 5.82 Å². The Bertz CT molecular complexity index is 464. The maximum atomic E-state index is 13.9. The van der Waals surface area contributed by atoms with Gasteiger partial charge in [0.2, 0.25) is 5.91 Å². The Labute approximate surface area is 122 Å². The second-order valence-electron chi connectivity index (χ2n) is 4.69. The van der Waals surface area contributed by atoms with Crippen molar-refractivity contribution in [3.63, 3.8) is 0 Å². The van der Waals surface area contributed by atoms with E-state index in [2.05, 4.69) is 10.6 Å². The number of rotatable bonds is 6. The first-order chi connectivity index (χ1) is 9.69. The molecule has 6 heteroatoms. The lowest BCUT2D eigenvalue weighted by Crippen LogP contribution is -2.19. The van der Waals surface area contributed by atoms with Crippen molar-refractivity contribution >= 4 is 29.0 Å². The highest BCUT2D eigenvalue weighted by molar-refractivity contribution is 7.99. The van der Waals surface area contributed by atoms with Crippen molar-refractivity contribution in [2.75, 3.05) is 35.8 Å². The van der Waals surface area contributed by atoms with Crippen LogP contribution in [0.2, 0.25) is 0 Å². The van der Waals surface area contributed by atoms with Gasteiger partial charge in [0.15, 0.2) is 0 Å². The van der Waals surface area contributed by atoms with Gasteiger partial charge in [0.05, 0.1) is 17.5 Å². The van der Waals surface area contributed by atoms with Crippen LogP contribution in [0.15, 0.2) is 18.2 Å². The molecule has 1 heterocycles. The predicted octanol–water partition coefficient (Wildman–Crippen LogP) is 2.72. The molecule has 0 spiro atoms. The number of ether oxygens (including phenoxy) is 1. The van der Waals surface area contributed by atoms with E-state index in [4.69, 9.17) is 4.74 Å². The number of nitrogens with one attached hydrogen (secondary N) is 2. The summed E-state index contributed by atoms with van der Waals surface area (Å²) in [6, 6.07) is 4.66. The number of hydrogen-bond acceptors (Lipinski definition) is 4. The Hall–Kier alpha value is -1.27. The molecule has 0 aliphatic carbocycles. The lowest BCUT2D eigenvalue weighted by Gasteiger charge is -2.13. The van der Waals surface area contributed by atoms with E-state index >= 15 is 0 Å². The predicted molar refractivity (Wildman–Crippen MR) is 80.9 cm³/mol. The molecule has 20 heavy (non-hydrogen) atoms. The monoisotopic (exact) mass is 298 g/mol. The van der Waals surface area contributed by atoms with Crippen LogP contribution in [0.4, 0.5) is 15.8 Å². The zero-order chi connectivity index (χ0) is 14.4. The fourth-order valence-electron chi connectivity index (χ4n) is 2.09. The summed E-state index contributed by atoms with van der Waals surface area (Å²) in [5.41, 5.74) is 0.910. The van der Waals surface area contributed by atoms with Crippen molar-refractivity contribution in [2.24, 2.45) is 0 Å². The minimum absolute atomic E-state index is 0.128. The standard InChI is InChI=1S/C14H19FN2O2S/c1-20-9-14(18)17-10-4-5-13(12(15)7-10)16-8-11-3-2-6-19-11/h4-5,7,11,16H,2-3,6,8-9H2,1H3,(H,17,18). The fraction of sp³-hybridized carbons (Fsp3) is 0.500. The third kappa shape index (κ3) is 4.38. The van der Waals surface area contributed by atoms with Crippen LogP contribution in [0.5, 0.6) is 0 Å². The molecule has 1 aromatic rings. The molecule has 1 aromatic carbocycles. The Morgan fingerprint density at radius 1 is 1.55 bits per heavy atom. The average molecular weight is 298 g/mol. The van der Waals surface area contributed by atoms with E-state index in [1.807, 2.05) is 6.26 Å². The first kappa shape index (κ1) is 15.1. The Morgan fingerprint density at radius 3 is 3.05 bits per heavy atom. The van der Waals surface area contributed by atoms with Gasteiger partial charge in [-0.1, -0.05) is 0 Å². The number of hydrogen-bond donors (Lipinski definition) is 2. The fourth-order valence-corrected chi connectivity index (χ4v) is 2.43.